The monoisotopic (exact) mass is 329 g/mol. The van der Waals surface area contributed by atoms with E-state index in [0.717, 1.165) is 25.1 Å². The molecule has 3 rings (SSSR count). The fourth-order valence-electron chi connectivity index (χ4n) is 2.99. The van der Waals surface area contributed by atoms with Gasteiger partial charge < -0.3 is 4.90 Å². The lowest BCUT2D eigenvalue weighted by Crippen LogP contribution is -2.40. The van der Waals surface area contributed by atoms with Crippen LogP contribution in [0.3, 0.4) is 0 Å². The highest BCUT2D eigenvalue weighted by Gasteiger charge is 2.35. The molecule has 1 saturated heterocycles. The number of halogens is 1. The lowest BCUT2D eigenvalue weighted by molar-refractivity contribution is -0.121. The molecular formula is C18H20ClN3O. The number of para-hydroxylation sites is 1. The van der Waals surface area contributed by atoms with E-state index in [1.807, 2.05) is 43.4 Å². The van der Waals surface area contributed by atoms with E-state index < -0.39 is 0 Å². The van der Waals surface area contributed by atoms with Crippen LogP contribution in [-0.4, -0.2) is 42.0 Å². The summed E-state index contributed by atoms with van der Waals surface area (Å²) < 4.78 is 0. The summed E-state index contributed by atoms with van der Waals surface area (Å²) in [5.41, 5.74) is 2.05. The molecule has 1 fully saturated rings. The third kappa shape index (κ3) is 3.54. The lowest BCUT2D eigenvalue weighted by Gasteiger charge is -2.24. The van der Waals surface area contributed by atoms with Crippen molar-refractivity contribution in [3.63, 3.8) is 0 Å². The van der Waals surface area contributed by atoms with Crippen molar-refractivity contribution in [2.45, 2.75) is 18.9 Å². The van der Waals surface area contributed by atoms with Crippen molar-refractivity contribution in [3.8, 4) is 0 Å². The number of likely N-dealkylation sites (N-methyl/N-ethyl adjacent to an activating group) is 1. The molecule has 0 saturated carbocycles. The van der Waals surface area contributed by atoms with Crippen molar-refractivity contribution in [3.05, 3.63) is 59.4 Å². The highest BCUT2D eigenvalue weighted by Crippen LogP contribution is 2.30. The fourth-order valence-corrected chi connectivity index (χ4v) is 3.23. The predicted molar refractivity (Wildman–Crippen MR) is 92.8 cm³/mol. The van der Waals surface area contributed by atoms with Crippen LogP contribution in [0.25, 0.3) is 0 Å². The van der Waals surface area contributed by atoms with Crippen LogP contribution in [0.1, 0.15) is 12.0 Å². The first-order valence-electron chi connectivity index (χ1n) is 7.82. The number of hydrogen-bond donors (Lipinski definition) is 0. The topological polar surface area (TPSA) is 36.4 Å². The Kier molecular flexibility index (Phi) is 4.94. The van der Waals surface area contributed by atoms with Gasteiger partial charge in [-0.2, -0.15) is 0 Å². The quantitative estimate of drug-likeness (QED) is 0.846. The minimum Gasteiger partial charge on any atom is -0.310 e. The first-order chi connectivity index (χ1) is 11.2. The summed E-state index contributed by atoms with van der Waals surface area (Å²) in [6.45, 7) is 1.56. The average Bonchev–Trinajstić information content (AvgIpc) is 2.95. The van der Waals surface area contributed by atoms with E-state index >= 15 is 0 Å². The highest BCUT2D eigenvalue weighted by molar-refractivity contribution is 6.33. The van der Waals surface area contributed by atoms with Crippen LogP contribution in [0.2, 0.25) is 5.02 Å². The normalized spacial score (nSPS) is 18.0. The maximum Gasteiger partial charge on any atom is 0.244 e. The van der Waals surface area contributed by atoms with Gasteiger partial charge in [0.1, 0.15) is 0 Å². The molecule has 0 radical (unpaired) electrons. The number of carbonyl (C=O) groups excluding carboxylic acids is 1. The number of rotatable bonds is 5. The number of nitrogens with zero attached hydrogens (tertiary/aromatic N) is 3. The molecule has 0 aliphatic carbocycles. The number of aromatic nitrogens is 1. The number of pyridine rings is 1. The Labute approximate surface area is 141 Å². The number of carbonyl (C=O) groups is 1. The third-order valence-electron chi connectivity index (χ3n) is 4.36. The Balaban J connectivity index is 1.63. The molecule has 23 heavy (non-hydrogen) atoms. The second-order valence-electron chi connectivity index (χ2n) is 5.83. The first-order valence-corrected chi connectivity index (χ1v) is 8.19. The Morgan fingerprint density at radius 1 is 1.26 bits per heavy atom. The molecule has 5 heteroatoms. The largest absolute Gasteiger partial charge is 0.310 e. The van der Waals surface area contributed by atoms with Gasteiger partial charge in [0, 0.05) is 25.5 Å². The highest BCUT2D eigenvalue weighted by atomic mass is 35.5. The Morgan fingerprint density at radius 3 is 2.74 bits per heavy atom. The zero-order valence-electron chi connectivity index (χ0n) is 13.2. The number of anilines is 1. The molecule has 1 amide bonds. The molecule has 2 heterocycles. The Morgan fingerprint density at radius 2 is 2.00 bits per heavy atom. The molecular weight excluding hydrogens is 310 g/mol. The first kappa shape index (κ1) is 16.0. The van der Waals surface area contributed by atoms with Crippen LogP contribution < -0.4 is 4.90 Å². The van der Waals surface area contributed by atoms with Crippen LogP contribution >= 0.6 is 11.6 Å². The van der Waals surface area contributed by atoms with Crippen LogP contribution in [0.15, 0.2) is 48.8 Å². The molecule has 0 N–H and O–H groups in total. The second-order valence-corrected chi connectivity index (χ2v) is 6.24. The van der Waals surface area contributed by atoms with Crippen LogP contribution in [0.5, 0.6) is 0 Å². The Hall–Kier alpha value is -1.91. The maximum atomic E-state index is 12.7. The summed E-state index contributed by atoms with van der Waals surface area (Å²) in [6, 6.07) is 11.5. The van der Waals surface area contributed by atoms with E-state index in [4.69, 9.17) is 11.6 Å². The molecule has 1 aromatic heterocycles. The molecule has 1 aliphatic heterocycles. The molecule has 120 valence electrons. The zero-order valence-corrected chi connectivity index (χ0v) is 13.9. The van der Waals surface area contributed by atoms with E-state index in [1.54, 1.807) is 17.3 Å². The van der Waals surface area contributed by atoms with Gasteiger partial charge >= 0.3 is 0 Å². The molecule has 1 atom stereocenters. The lowest BCUT2D eigenvalue weighted by atomic mass is 10.1. The summed E-state index contributed by atoms with van der Waals surface area (Å²) in [7, 11) is 2.01. The van der Waals surface area contributed by atoms with Crippen molar-refractivity contribution in [1.82, 2.24) is 9.88 Å². The molecule has 0 bridgehead atoms. The number of amides is 1. The summed E-state index contributed by atoms with van der Waals surface area (Å²) in [5.74, 6) is 0.135. The average molecular weight is 330 g/mol. The van der Waals surface area contributed by atoms with Gasteiger partial charge in [0.05, 0.1) is 16.8 Å². The van der Waals surface area contributed by atoms with Crippen molar-refractivity contribution in [1.29, 1.82) is 0 Å². The summed E-state index contributed by atoms with van der Waals surface area (Å²) in [5, 5.41) is 0.626. The number of hydrogen-bond acceptors (Lipinski definition) is 3. The molecule has 0 unspecified atom stereocenters. The summed E-state index contributed by atoms with van der Waals surface area (Å²) in [4.78, 5) is 20.7. The second kappa shape index (κ2) is 7.11. The van der Waals surface area contributed by atoms with Gasteiger partial charge in [-0.3, -0.25) is 14.7 Å². The fraction of sp³-hybridized carbons (Fsp3) is 0.333. The van der Waals surface area contributed by atoms with E-state index in [9.17, 15) is 4.79 Å². The Bertz CT molecular complexity index is 677. The standard InChI is InChI=1S/C18H20ClN3O/c1-21(12-8-14-6-10-20-11-7-14)17-9-13-22(18(17)23)16-5-3-2-4-15(16)19/h2-7,10-11,17H,8-9,12-13H2,1H3/t17-/m1/s1. The van der Waals surface area contributed by atoms with E-state index in [0.29, 0.717) is 11.6 Å². The molecule has 1 aromatic carbocycles. The van der Waals surface area contributed by atoms with Gasteiger partial charge in [0.15, 0.2) is 0 Å². The van der Waals surface area contributed by atoms with E-state index in [2.05, 4.69) is 9.88 Å². The van der Waals surface area contributed by atoms with Crippen molar-refractivity contribution >= 4 is 23.2 Å². The van der Waals surface area contributed by atoms with Gasteiger partial charge in [-0.25, -0.2) is 0 Å². The van der Waals surface area contributed by atoms with Crippen LogP contribution in [0.4, 0.5) is 5.69 Å². The predicted octanol–water partition coefficient (Wildman–Crippen LogP) is 3.01. The summed E-state index contributed by atoms with van der Waals surface area (Å²) in [6.07, 6.45) is 5.34. The van der Waals surface area contributed by atoms with E-state index in [1.165, 1.54) is 5.56 Å². The maximum absolute atomic E-state index is 12.7. The van der Waals surface area contributed by atoms with Crippen molar-refractivity contribution in [2.75, 3.05) is 25.0 Å². The minimum atomic E-state index is -0.0758. The summed E-state index contributed by atoms with van der Waals surface area (Å²) >= 11 is 6.22. The van der Waals surface area contributed by atoms with Crippen LogP contribution in [-0.2, 0) is 11.2 Å². The van der Waals surface area contributed by atoms with Gasteiger partial charge in [0.2, 0.25) is 5.91 Å². The smallest absolute Gasteiger partial charge is 0.244 e. The van der Waals surface area contributed by atoms with Gasteiger partial charge in [0.25, 0.3) is 0 Å². The minimum absolute atomic E-state index is 0.0758. The van der Waals surface area contributed by atoms with Crippen molar-refractivity contribution in [2.24, 2.45) is 0 Å². The van der Waals surface area contributed by atoms with Crippen molar-refractivity contribution < 1.29 is 4.79 Å². The third-order valence-corrected chi connectivity index (χ3v) is 4.67. The zero-order chi connectivity index (χ0) is 16.2. The van der Waals surface area contributed by atoms with Gasteiger partial charge in [-0.1, -0.05) is 23.7 Å². The molecule has 2 aromatic rings. The van der Waals surface area contributed by atoms with E-state index in [-0.39, 0.29) is 11.9 Å². The van der Waals surface area contributed by atoms with Gasteiger partial charge in [-0.05, 0) is 49.7 Å². The molecule has 1 aliphatic rings. The molecule has 4 nitrogen and oxygen atoms in total. The number of benzene rings is 1. The SMILES string of the molecule is CN(CCc1ccncc1)[C@@H]1CCN(c2ccccc2Cl)C1=O. The van der Waals surface area contributed by atoms with Crippen LogP contribution in [0, 0.1) is 0 Å². The molecule has 0 spiro atoms. The van der Waals surface area contributed by atoms with Gasteiger partial charge in [-0.15, -0.1) is 0 Å².